The molecule has 1 N–H and O–H groups in total. The minimum absolute atomic E-state index is 0.0809. The van der Waals surface area contributed by atoms with Gasteiger partial charge in [-0.2, -0.15) is 0 Å². The number of nitrogens with one attached hydrogen (secondary N) is 1. The van der Waals surface area contributed by atoms with E-state index in [1.165, 1.54) is 0 Å². The monoisotopic (exact) mass is 391 g/mol. The quantitative estimate of drug-likeness (QED) is 0.721. The van der Waals surface area contributed by atoms with Crippen LogP contribution in [-0.2, 0) is 11.3 Å². The van der Waals surface area contributed by atoms with Crippen LogP contribution in [0.25, 0.3) is 11.1 Å². The van der Waals surface area contributed by atoms with Gasteiger partial charge in [0.2, 0.25) is 5.91 Å². The van der Waals surface area contributed by atoms with Crippen molar-refractivity contribution in [3.63, 3.8) is 0 Å². The van der Waals surface area contributed by atoms with Gasteiger partial charge in [0.15, 0.2) is 0 Å². The maximum Gasteiger partial charge on any atom is 0.254 e. The Labute approximate surface area is 168 Å². The number of aromatic nitrogens is 1. The van der Waals surface area contributed by atoms with Crippen LogP contribution in [0, 0.1) is 0 Å². The standard InChI is InChI=1S/C22H21N3O2S/c26-21(24-15-19-8-4-12-28-19)20-9-3-11-25(20)22(27)17-6-1-5-16(13-17)18-7-2-10-23-14-18/h1-2,4-8,10,12-14,20H,3,9,11,15H2,(H,24,26). The lowest BCUT2D eigenvalue weighted by Gasteiger charge is -2.24. The van der Waals surface area contributed by atoms with Gasteiger partial charge in [0, 0.05) is 34.9 Å². The number of hydrogen-bond donors (Lipinski definition) is 1. The first kappa shape index (κ1) is 18.4. The first-order valence-corrected chi connectivity index (χ1v) is 10.2. The topological polar surface area (TPSA) is 62.3 Å². The third kappa shape index (κ3) is 3.97. The van der Waals surface area contributed by atoms with Crippen LogP contribution < -0.4 is 5.32 Å². The predicted octanol–water partition coefficient (Wildman–Crippen LogP) is 3.73. The summed E-state index contributed by atoms with van der Waals surface area (Å²) in [6.07, 6.45) is 5.04. The highest BCUT2D eigenvalue weighted by atomic mass is 32.1. The number of likely N-dealkylation sites (tertiary alicyclic amines) is 1. The fourth-order valence-corrected chi connectivity index (χ4v) is 4.16. The van der Waals surface area contributed by atoms with Crippen molar-refractivity contribution in [2.75, 3.05) is 6.54 Å². The van der Waals surface area contributed by atoms with Crippen LogP contribution in [0.15, 0.2) is 66.3 Å². The third-order valence-electron chi connectivity index (χ3n) is 4.94. The predicted molar refractivity (Wildman–Crippen MR) is 110 cm³/mol. The van der Waals surface area contributed by atoms with E-state index in [-0.39, 0.29) is 11.8 Å². The molecule has 3 aromatic rings. The van der Waals surface area contributed by atoms with Crippen molar-refractivity contribution in [3.05, 3.63) is 76.7 Å². The summed E-state index contributed by atoms with van der Waals surface area (Å²) in [4.78, 5) is 32.7. The van der Waals surface area contributed by atoms with Crippen LogP contribution in [0.2, 0.25) is 0 Å². The summed E-state index contributed by atoms with van der Waals surface area (Å²) < 4.78 is 0. The number of hydrogen-bond acceptors (Lipinski definition) is 4. The van der Waals surface area contributed by atoms with Gasteiger partial charge in [-0.3, -0.25) is 14.6 Å². The van der Waals surface area contributed by atoms with Gasteiger partial charge >= 0.3 is 0 Å². The molecule has 0 radical (unpaired) electrons. The number of pyridine rings is 1. The summed E-state index contributed by atoms with van der Waals surface area (Å²) >= 11 is 1.61. The van der Waals surface area contributed by atoms with E-state index in [0.29, 0.717) is 25.1 Å². The van der Waals surface area contributed by atoms with E-state index in [2.05, 4.69) is 10.3 Å². The number of carbonyl (C=O) groups excluding carboxylic acids is 2. The molecule has 4 rings (SSSR count). The van der Waals surface area contributed by atoms with E-state index >= 15 is 0 Å². The molecule has 0 spiro atoms. The zero-order chi connectivity index (χ0) is 19.3. The maximum absolute atomic E-state index is 13.1. The molecule has 142 valence electrons. The van der Waals surface area contributed by atoms with Crippen LogP contribution in [0.5, 0.6) is 0 Å². The lowest BCUT2D eigenvalue weighted by Crippen LogP contribution is -2.45. The Kier molecular flexibility index (Phi) is 5.48. The van der Waals surface area contributed by atoms with Crippen LogP contribution >= 0.6 is 11.3 Å². The minimum atomic E-state index is -0.408. The highest BCUT2D eigenvalue weighted by molar-refractivity contribution is 7.09. The summed E-state index contributed by atoms with van der Waals surface area (Å²) in [5.74, 6) is -0.179. The van der Waals surface area contributed by atoms with E-state index < -0.39 is 6.04 Å². The van der Waals surface area contributed by atoms with Gasteiger partial charge in [0.25, 0.3) is 5.91 Å². The molecule has 1 fully saturated rings. The van der Waals surface area contributed by atoms with Gasteiger partial charge in [-0.05, 0) is 48.1 Å². The second-order valence-corrected chi connectivity index (χ2v) is 7.81. The van der Waals surface area contributed by atoms with Crippen LogP contribution in [0.1, 0.15) is 28.1 Å². The second-order valence-electron chi connectivity index (χ2n) is 6.78. The summed E-state index contributed by atoms with van der Waals surface area (Å²) in [6.45, 7) is 1.11. The molecule has 0 bridgehead atoms. The summed E-state index contributed by atoms with van der Waals surface area (Å²) in [7, 11) is 0. The summed E-state index contributed by atoms with van der Waals surface area (Å²) in [6, 6.07) is 14.9. The van der Waals surface area contributed by atoms with Gasteiger partial charge in [0.05, 0.1) is 6.54 Å². The Morgan fingerprint density at radius 3 is 2.82 bits per heavy atom. The zero-order valence-electron chi connectivity index (χ0n) is 15.4. The molecule has 0 aliphatic carbocycles. The lowest BCUT2D eigenvalue weighted by molar-refractivity contribution is -0.125. The molecule has 1 aliphatic heterocycles. The molecule has 1 atom stereocenters. The van der Waals surface area contributed by atoms with E-state index in [1.54, 1.807) is 34.7 Å². The van der Waals surface area contributed by atoms with Crippen LogP contribution in [0.3, 0.4) is 0 Å². The maximum atomic E-state index is 13.1. The van der Waals surface area contributed by atoms with Crippen molar-refractivity contribution in [1.82, 2.24) is 15.2 Å². The van der Waals surface area contributed by atoms with E-state index in [0.717, 1.165) is 22.4 Å². The Bertz CT molecular complexity index is 957. The average molecular weight is 391 g/mol. The Morgan fingerprint density at radius 2 is 2.04 bits per heavy atom. The van der Waals surface area contributed by atoms with E-state index in [9.17, 15) is 9.59 Å². The number of carbonyl (C=O) groups is 2. The smallest absolute Gasteiger partial charge is 0.254 e. The lowest BCUT2D eigenvalue weighted by atomic mass is 10.0. The Hall–Kier alpha value is -2.99. The summed E-state index contributed by atoms with van der Waals surface area (Å²) in [5, 5.41) is 4.96. The van der Waals surface area contributed by atoms with Crippen molar-refractivity contribution in [2.45, 2.75) is 25.4 Å². The number of amides is 2. The Balaban J connectivity index is 1.48. The van der Waals surface area contributed by atoms with Gasteiger partial charge in [0.1, 0.15) is 6.04 Å². The molecule has 28 heavy (non-hydrogen) atoms. The molecule has 0 saturated carbocycles. The van der Waals surface area contributed by atoms with Gasteiger partial charge in [-0.15, -0.1) is 11.3 Å². The normalized spacial score (nSPS) is 16.1. The fourth-order valence-electron chi connectivity index (χ4n) is 3.52. The van der Waals surface area contributed by atoms with E-state index in [1.807, 2.05) is 47.8 Å². The highest BCUT2D eigenvalue weighted by Gasteiger charge is 2.34. The summed E-state index contributed by atoms with van der Waals surface area (Å²) in [5.41, 5.74) is 2.50. The molecule has 6 heteroatoms. The second kappa shape index (κ2) is 8.35. The number of thiophene rings is 1. The molecule has 2 amide bonds. The zero-order valence-corrected chi connectivity index (χ0v) is 16.2. The van der Waals surface area contributed by atoms with Crippen molar-refractivity contribution in [1.29, 1.82) is 0 Å². The molecule has 3 heterocycles. The molecule has 1 unspecified atom stereocenters. The average Bonchev–Trinajstić information content (AvgIpc) is 3.44. The first-order chi connectivity index (χ1) is 13.7. The molecule has 1 saturated heterocycles. The van der Waals surface area contributed by atoms with Gasteiger partial charge in [-0.1, -0.05) is 24.3 Å². The van der Waals surface area contributed by atoms with Gasteiger partial charge in [-0.25, -0.2) is 0 Å². The third-order valence-corrected chi connectivity index (χ3v) is 5.81. The number of nitrogens with zero attached hydrogens (tertiary/aromatic N) is 2. The fraction of sp³-hybridized carbons (Fsp3) is 0.227. The van der Waals surface area contributed by atoms with Crippen LogP contribution in [-0.4, -0.2) is 34.3 Å². The molecule has 5 nitrogen and oxygen atoms in total. The largest absolute Gasteiger partial charge is 0.349 e. The molecule has 1 aromatic carbocycles. The number of rotatable bonds is 5. The highest BCUT2D eigenvalue weighted by Crippen LogP contribution is 2.24. The molecule has 2 aromatic heterocycles. The Morgan fingerprint density at radius 1 is 1.14 bits per heavy atom. The van der Waals surface area contributed by atoms with Crippen molar-refractivity contribution < 1.29 is 9.59 Å². The van der Waals surface area contributed by atoms with E-state index in [4.69, 9.17) is 0 Å². The molecule has 1 aliphatic rings. The van der Waals surface area contributed by atoms with Crippen molar-refractivity contribution >= 4 is 23.2 Å². The van der Waals surface area contributed by atoms with Gasteiger partial charge < -0.3 is 10.2 Å². The van der Waals surface area contributed by atoms with Crippen molar-refractivity contribution in [3.8, 4) is 11.1 Å². The first-order valence-electron chi connectivity index (χ1n) is 9.34. The SMILES string of the molecule is O=C(NCc1cccs1)C1CCCN1C(=O)c1cccc(-c2cccnc2)c1. The van der Waals surface area contributed by atoms with Crippen molar-refractivity contribution in [2.24, 2.45) is 0 Å². The molecular formula is C22H21N3O2S. The number of benzene rings is 1. The molecular weight excluding hydrogens is 370 g/mol. The van der Waals surface area contributed by atoms with Crippen LogP contribution in [0.4, 0.5) is 0 Å². The minimum Gasteiger partial charge on any atom is -0.349 e.